The lowest BCUT2D eigenvalue weighted by Gasteiger charge is -2.17. The summed E-state index contributed by atoms with van der Waals surface area (Å²) in [5, 5.41) is 4.78. The van der Waals surface area contributed by atoms with E-state index < -0.39 is 0 Å². The minimum absolute atomic E-state index is 0.00438. The normalized spacial score (nSPS) is 17.6. The molecule has 1 aliphatic rings. The molecule has 1 saturated heterocycles. The molecule has 0 unspecified atom stereocenters. The molecule has 1 fully saturated rings. The standard InChI is InChI=1S/C16H16N2O3S/c1-21-13-5-2-4-12(9-13)18-10-11(8-15(18)19)17-16(20)14-6-3-7-22-14/h2-7,9,11H,8,10H2,1H3,(H,17,20)/t11-/m0/s1. The second-order valence-electron chi connectivity index (χ2n) is 5.06. The van der Waals surface area contributed by atoms with E-state index in [-0.39, 0.29) is 17.9 Å². The Hall–Kier alpha value is -2.34. The predicted molar refractivity (Wildman–Crippen MR) is 85.5 cm³/mol. The summed E-state index contributed by atoms with van der Waals surface area (Å²) in [4.78, 5) is 26.6. The summed E-state index contributed by atoms with van der Waals surface area (Å²) in [5.74, 6) is 0.585. The summed E-state index contributed by atoms with van der Waals surface area (Å²) in [6, 6.07) is 10.8. The maximum absolute atomic E-state index is 12.2. The second-order valence-corrected chi connectivity index (χ2v) is 6.01. The molecule has 1 atom stereocenters. The van der Waals surface area contributed by atoms with Crippen molar-refractivity contribution < 1.29 is 14.3 Å². The minimum Gasteiger partial charge on any atom is -0.497 e. The first kappa shape index (κ1) is 14.6. The van der Waals surface area contributed by atoms with Crippen LogP contribution in [0.5, 0.6) is 5.75 Å². The molecule has 0 aliphatic carbocycles. The molecule has 1 N–H and O–H groups in total. The molecule has 5 nitrogen and oxygen atoms in total. The number of methoxy groups -OCH3 is 1. The molecule has 1 aromatic heterocycles. The number of amides is 2. The highest BCUT2D eigenvalue weighted by Gasteiger charge is 2.32. The van der Waals surface area contributed by atoms with E-state index in [0.29, 0.717) is 23.6 Å². The minimum atomic E-state index is -0.173. The van der Waals surface area contributed by atoms with Crippen LogP contribution in [0.15, 0.2) is 41.8 Å². The van der Waals surface area contributed by atoms with Crippen LogP contribution in [0.3, 0.4) is 0 Å². The lowest BCUT2D eigenvalue weighted by atomic mass is 10.2. The van der Waals surface area contributed by atoms with Gasteiger partial charge in [-0.05, 0) is 23.6 Å². The number of thiophene rings is 1. The molecule has 6 heteroatoms. The van der Waals surface area contributed by atoms with Crippen LogP contribution in [-0.4, -0.2) is 31.5 Å². The first-order chi connectivity index (χ1) is 10.7. The Bertz CT molecular complexity index is 684. The van der Waals surface area contributed by atoms with Crippen molar-refractivity contribution in [3.8, 4) is 5.75 Å². The van der Waals surface area contributed by atoms with Gasteiger partial charge in [0.15, 0.2) is 0 Å². The van der Waals surface area contributed by atoms with Crippen LogP contribution in [0.4, 0.5) is 5.69 Å². The Morgan fingerprint density at radius 3 is 2.95 bits per heavy atom. The second kappa shape index (κ2) is 6.19. The van der Waals surface area contributed by atoms with E-state index in [1.54, 1.807) is 18.1 Å². The number of carbonyl (C=O) groups excluding carboxylic acids is 2. The smallest absolute Gasteiger partial charge is 0.261 e. The quantitative estimate of drug-likeness (QED) is 0.941. The van der Waals surface area contributed by atoms with Crippen molar-refractivity contribution in [2.24, 2.45) is 0 Å². The van der Waals surface area contributed by atoms with Gasteiger partial charge in [-0.15, -0.1) is 11.3 Å². The van der Waals surface area contributed by atoms with Gasteiger partial charge in [0.25, 0.3) is 5.91 Å². The molecular weight excluding hydrogens is 300 g/mol. The fourth-order valence-electron chi connectivity index (χ4n) is 2.50. The number of benzene rings is 1. The fraction of sp³-hybridized carbons (Fsp3) is 0.250. The Morgan fingerprint density at radius 1 is 1.36 bits per heavy atom. The Morgan fingerprint density at radius 2 is 2.23 bits per heavy atom. The van der Waals surface area contributed by atoms with Gasteiger partial charge in [-0.2, -0.15) is 0 Å². The third-order valence-electron chi connectivity index (χ3n) is 3.57. The van der Waals surface area contributed by atoms with Crippen molar-refractivity contribution in [3.05, 3.63) is 46.7 Å². The number of hydrogen-bond donors (Lipinski definition) is 1. The molecule has 0 radical (unpaired) electrons. The monoisotopic (exact) mass is 316 g/mol. The average Bonchev–Trinajstić information content (AvgIpc) is 3.17. The van der Waals surface area contributed by atoms with E-state index in [9.17, 15) is 9.59 Å². The molecule has 0 spiro atoms. The highest BCUT2D eigenvalue weighted by molar-refractivity contribution is 7.12. The van der Waals surface area contributed by atoms with E-state index in [4.69, 9.17) is 4.74 Å². The van der Waals surface area contributed by atoms with Crippen molar-refractivity contribution in [1.82, 2.24) is 5.32 Å². The zero-order valence-corrected chi connectivity index (χ0v) is 12.9. The third kappa shape index (κ3) is 2.96. The number of rotatable bonds is 4. The Labute approximate surface area is 132 Å². The highest BCUT2D eigenvalue weighted by atomic mass is 32.1. The van der Waals surface area contributed by atoms with Crippen LogP contribution >= 0.6 is 11.3 Å². The summed E-state index contributed by atoms with van der Waals surface area (Å²) in [7, 11) is 1.59. The Balaban J connectivity index is 1.69. The summed E-state index contributed by atoms with van der Waals surface area (Å²) >= 11 is 1.39. The maximum Gasteiger partial charge on any atom is 0.261 e. The highest BCUT2D eigenvalue weighted by Crippen LogP contribution is 2.25. The first-order valence-corrected chi connectivity index (χ1v) is 7.84. The van der Waals surface area contributed by atoms with Crippen LogP contribution in [0, 0.1) is 0 Å². The molecule has 22 heavy (non-hydrogen) atoms. The molecule has 2 heterocycles. The van der Waals surface area contributed by atoms with Gasteiger partial charge in [-0.25, -0.2) is 0 Å². The van der Waals surface area contributed by atoms with E-state index >= 15 is 0 Å². The zero-order chi connectivity index (χ0) is 15.5. The Kier molecular flexibility index (Phi) is 4.11. The maximum atomic E-state index is 12.2. The third-order valence-corrected chi connectivity index (χ3v) is 4.44. The van der Waals surface area contributed by atoms with Crippen LogP contribution in [-0.2, 0) is 4.79 Å². The van der Waals surface area contributed by atoms with Crippen LogP contribution in [0.2, 0.25) is 0 Å². The molecule has 2 amide bonds. The molecule has 3 rings (SSSR count). The topological polar surface area (TPSA) is 58.6 Å². The number of nitrogens with zero attached hydrogens (tertiary/aromatic N) is 1. The number of carbonyl (C=O) groups is 2. The molecule has 0 saturated carbocycles. The SMILES string of the molecule is COc1cccc(N2C[C@@H](NC(=O)c3cccs3)CC2=O)c1. The van der Waals surface area contributed by atoms with Crippen molar-refractivity contribution in [2.75, 3.05) is 18.6 Å². The fourth-order valence-corrected chi connectivity index (χ4v) is 3.12. The van der Waals surface area contributed by atoms with Crippen molar-refractivity contribution in [1.29, 1.82) is 0 Å². The van der Waals surface area contributed by atoms with Crippen molar-refractivity contribution >= 4 is 28.8 Å². The van der Waals surface area contributed by atoms with Crippen LogP contribution in [0.25, 0.3) is 0 Å². The van der Waals surface area contributed by atoms with Crippen molar-refractivity contribution in [2.45, 2.75) is 12.5 Å². The van der Waals surface area contributed by atoms with Gasteiger partial charge >= 0.3 is 0 Å². The predicted octanol–water partition coefficient (Wildman–Crippen LogP) is 2.29. The molecule has 1 aliphatic heterocycles. The van der Waals surface area contributed by atoms with Crippen LogP contribution < -0.4 is 15.0 Å². The van der Waals surface area contributed by atoms with Gasteiger partial charge in [-0.3, -0.25) is 9.59 Å². The average molecular weight is 316 g/mol. The van der Waals surface area contributed by atoms with Gasteiger partial charge in [0, 0.05) is 24.7 Å². The zero-order valence-electron chi connectivity index (χ0n) is 12.1. The lowest BCUT2D eigenvalue weighted by Crippen LogP contribution is -2.36. The van der Waals surface area contributed by atoms with E-state index in [1.165, 1.54) is 11.3 Å². The van der Waals surface area contributed by atoms with Gasteiger partial charge in [0.2, 0.25) is 5.91 Å². The van der Waals surface area contributed by atoms with Gasteiger partial charge in [0.1, 0.15) is 5.75 Å². The number of nitrogens with one attached hydrogen (secondary N) is 1. The molecule has 2 aromatic rings. The van der Waals surface area contributed by atoms with Gasteiger partial charge < -0.3 is 15.0 Å². The molecule has 1 aromatic carbocycles. The van der Waals surface area contributed by atoms with Gasteiger partial charge in [-0.1, -0.05) is 12.1 Å². The summed E-state index contributed by atoms with van der Waals surface area (Å²) in [5.41, 5.74) is 0.789. The molecular formula is C16H16N2O3S. The largest absolute Gasteiger partial charge is 0.497 e. The van der Waals surface area contributed by atoms with Crippen molar-refractivity contribution in [3.63, 3.8) is 0 Å². The van der Waals surface area contributed by atoms with Crippen LogP contribution in [0.1, 0.15) is 16.1 Å². The van der Waals surface area contributed by atoms with E-state index in [2.05, 4.69) is 5.32 Å². The summed E-state index contributed by atoms with van der Waals surface area (Å²) < 4.78 is 5.18. The molecule has 0 bridgehead atoms. The van der Waals surface area contributed by atoms with E-state index in [1.807, 2.05) is 35.7 Å². The van der Waals surface area contributed by atoms with E-state index in [0.717, 1.165) is 5.69 Å². The van der Waals surface area contributed by atoms with Gasteiger partial charge in [0.05, 0.1) is 18.0 Å². The number of hydrogen-bond acceptors (Lipinski definition) is 4. The first-order valence-electron chi connectivity index (χ1n) is 6.96. The summed E-state index contributed by atoms with van der Waals surface area (Å²) in [6.07, 6.45) is 0.314. The molecule has 114 valence electrons. The number of ether oxygens (including phenoxy) is 1. The summed E-state index contributed by atoms with van der Waals surface area (Å²) in [6.45, 7) is 0.475. The lowest BCUT2D eigenvalue weighted by molar-refractivity contribution is -0.117. The number of anilines is 1.